The number of carbonyl (C=O) groups is 3. The van der Waals surface area contributed by atoms with Crippen molar-refractivity contribution in [1.29, 1.82) is 0 Å². The standard InChI is InChI=1S/C18H31N3O5S/c1-12(2)17(23)26-10-9-25-8-7-19-15(22)6-4-3-5-14-16-13(11-27-14)20-18(24)21-16/h12-14,16H,3-11H2,1-2H3,(H,19,22)(H2,20,21,24). The van der Waals surface area contributed by atoms with E-state index in [0.717, 1.165) is 25.0 Å². The first-order valence-electron chi connectivity index (χ1n) is 9.67. The number of urea groups is 1. The Hall–Kier alpha value is -1.48. The Morgan fingerprint density at radius 2 is 2.04 bits per heavy atom. The second-order valence-electron chi connectivity index (χ2n) is 7.15. The average Bonchev–Trinajstić information content (AvgIpc) is 3.17. The highest BCUT2D eigenvalue weighted by molar-refractivity contribution is 8.00. The van der Waals surface area contributed by atoms with E-state index in [2.05, 4.69) is 16.0 Å². The fourth-order valence-electron chi connectivity index (χ4n) is 3.10. The average molecular weight is 402 g/mol. The zero-order chi connectivity index (χ0) is 19.6. The van der Waals surface area contributed by atoms with Crippen molar-refractivity contribution in [2.45, 2.75) is 56.9 Å². The Balaban J connectivity index is 1.41. The molecule has 3 amide bonds. The van der Waals surface area contributed by atoms with Gasteiger partial charge in [-0.25, -0.2) is 4.79 Å². The summed E-state index contributed by atoms with van der Waals surface area (Å²) in [6.07, 6.45) is 3.33. The van der Waals surface area contributed by atoms with Crippen molar-refractivity contribution < 1.29 is 23.9 Å². The minimum absolute atomic E-state index is 0.0256. The van der Waals surface area contributed by atoms with Gasteiger partial charge in [-0.15, -0.1) is 0 Å². The Morgan fingerprint density at radius 3 is 2.81 bits per heavy atom. The molecule has 0 aliphatic carbocycles. The number of thioether (sulfide) groups is 1. The molecule has 2 heterocycles. The molecule has 2 aliphatic rings. The van der Waals surface area contributed by atoms with E-state index in [1.54, 1.807) is 13.8 Å². The van der Waals surface area contributed by atoms with Crippen molar-refractivity contribution in [1.82, 2.24) is 16.0 Å². The fraction of sp³-hybridized carbons (Fsp3) is 0.833. The van der Waals surface area contributed by atoms with Crippen LogP contribution in [0.1, 0.15) is 39.5 Å². The summed E-state index contributed by atoms with van der Waals surface area (Å²) >= 11 is 1.90. The molecular formula is C18H31N3O5S. The van der Waals surface area contributed by atoms with Crippen molar-refractivity contribution in [3.8, 4) is 0 Å². The zero-order valence-corrected chi connectivity index (χ0v) is 16.9. The van der Waals surface area contributed by atoms with Gasteiger partial charge in [0.2, 0.25) is 5.91 Å². The number of ether oxygens (including phenoxy) is 2. The second-order valence-corrected chi connectivity index (χ2v) is 8.42. The number of fused-ring (bicyclic) bond motifs is 1. The molecule has 2 saturated heterocycles. The van der Waals surface area contributed by atoms with Gasteiger partial charge in [0, 0.05) is 24.0 Å². The van der Waals surface area contributed by atoms with Gasteiger partial charge >= 0.3 is 12.0 Å². The predicted molar refractivity (Wildman–Crippen MR) is 104 cm³/mol. The first-order valence-corrected chi connectivity index (χ1v) is 10.7. The molecule has 0 aromatic heterocycles. The predicted octanol–water partition coefficient (Wildman–Crippen LogP) is 1.04. The minimum atomic E-state index is -0.231. The highest BCUT2D eigenvalue weighted by atomic mass is 32.2. The summed E-state index contributed by atoms with van der Waals surface area (Å²) in [5.74, 6) is 0.625. The molecule has 9 heteroatoms. The van der Waals surface area contributed by atoms with Crippen LogP contribution in [0.25, 0.3) is 0 Å². The van der Waals surface area contributed by atoms with Gasteiger partial charge in [-0.2, -0.15) is 11.8 Å². The highest BCUT2D eigenvalue weighted by Crippen LogP contribution is 2.33. The summed E-state index contributed by atoms with van der Waals surface area (Å²) in [6.45, 7) is 5.00. The first kappa shape index (κ1) is 21.8. The van der Waals surface area contributed by atoms with Crippen LogP contribution in [-0.4, -0.2) is 67.4 Å². The van der Waals surface area contributed by atoms with Crippen LogP contribution in [0, 0.1) is 5.92 Å². The van der Waals surface area contributed by atoms with E-state index >= 15 is 0 Å². The molecule has 2 rings (SSSR count). The topological polar surface area (TPSA) is 106 Å². The van der Waals surface area contributed by atoms with E-state index in [1.807, 2.05) is 11.8 Å². The van der Waals surface area contributed by atoms with Gasteiger partial charge in [0.1, 0.15) is 6.61 Å². The number of unbranched alkanes of at least 4 members (excludes halogenated alkanes) is 1. The number of hydrogen-bond acceptors (Lipinski definition) is 6. The van der Waals surface area contributed by atoms with Gasteiger partial charge in [-0.3, -0.25) is 9.59 Å². The third kappa shape index (κ3) is 7.57. The zero-order valence-electron chi connectivity index (χ0n) is 16.1. The van der Waals surface area contributed by atoms with Crippen molar-refractivity contribution in [3.05, 3.63) is 0 Å². The molecule has 3 N–H and O–H groups in total. The smallest absolute Gasteiger partial charge is 0.315 e. The Labute approximate surface area is 164 Å². The van der Waals surface area contributed by atoms with Crippen LogP contribution in [0.5, 0.6) is 0 Å². The molecule has 154 valence electrons. The molecule has 3 unspecified atom stereocenters. The summed E-state index contributed by atoms with van der Waals surface area (Å²) < 4.78 is 10.3. The largest absolute Gasteiger partial charge is 0.463 e. The minimum Gasteiger partial charge on any atom is -0.463 e. The lowest BCUT2D eigenvalue weighted by Gasteiger charge is -2.16. The molecule has 2 fully saturated rings. The van der Waals surface area contributed by atoms with Crippen molar-refractivity contribution in [3.63, 3.8) is 0 Å². The lowest BCUT2D eigenvalue weighted by Crippen LogP contribution is -2.36. The lowest BCUT2D eigenvalue weighted by molar-refractivity contribution is -0.148. The van der Waals surface area contributed by atoms with Crippen LogP contribution in [0.2, 0.25) is 0 Å². The molecule has 2 aliphatic heterocycles. The maximum atomic E-state index is 11.8. The van der Waals surface area contributed by atoms with E-state index in [9.17, 15) is 14.4 Å². The fourth-order valence-corrected chi connectivity index (χ4v) is 4.64. The molecule has 27 heavy (non-hydrogen) atoms. The van der Waals surface area contributed by atoms with Gasteiger partial charge in [-0.1, -0.05) is 20.3 Å². The number of esters is 1. The number of rotatable bonds is 12. The van der Waals surface area contributed by atoms with Crippen molar-refractivity contribution in [2.24, 2.45) is 5.92 Å². The molecule has 0 aromatic carbocycles. The molecule has 8 nitrogen and oxygen atoms in total. The van der Waals surface area contributed by atoms with Gasteiger partial charge in [0.25, 0.3) is 0 Å². The van der Waals surface area contributed by atoms with Gasteiger partial charge in [0.05, 0.1) is 31.2 Å². The second kappa shape index (κ2) is 11.4. The molecular weight excluding hydrogens is 370 g/mol. The van der Waals surface area contributed by atoms with Gasteiger partial charge < -0.3 is 25.4 Å². The summed E-state index contributed by atoms with van der Waals surface area (Å²) in [4.78, 5) is 34.4. The SMILES string of the molecule is CC(C)C(=O)OCCOCCNC(=O)CCCCC1SCC2NC(=O)NC21. The summed E-state index contributed by atoms with van der Waals surface area (Å²) in [5, 5.41) is 9.19. The first-order chi connectivity index (χ1) is 13.0. The van der Waals surface area contributed by atoms with Crippen molar-refractivity contribution >= 4 is 29.7 Å². The third-order valence-electron chi connectivity index (χ3n) is 4.59. The normalized spacial score (nSPS) is 23.7. The Bertz CT molecular complexity index is 517. The van der Waals surface area contributed by atoms with Crippen molar-refractivity contribution in [2.75, 3.05) is 32.1 Å². The molecule has 0 radical (unpaired) electrons. The molecule has 0 spiro atoms. The summed E-state index contributed by atoms with van der Waals surface area (Å²) in [5.41, 5.74) is 0. The number of amides is 3. The van der Waals surface area contributed by atoms with E-state index in [4.69, 9.17) is 9.47 Å². The molecule has 0 bridgehead atoms. The van der Waals surface area contributed by atoms with Crippen LogP contribution < -0.4 is 16.0 Å². The maximum absolute atomic E-state index is 11.8. The summed E-state index contributed by atoms with van der Waals surface area (Å²) in [6, 6.07) is 0.424. The van der Waals surface area contributed by atoms with E-state index in [0.29, 0.717) is 31.4 Å². The Morgan fingerprint density at radius 1 is 1.22 bits per heavy atom. The molecule has 0 saturated carbocycles. The Kier molecular flexibility index (Phi) is 9.20. The monoisotopic (exact) mass is 401 g/mol. The molecule has 3 atom stereocenters. The van der Waals surface area contributed by atoms with E-state index in [1.165, 1.54) is 0 Å². The van der Waals surface area contributed by atoms with Gasteiger partial charge in [-0.05, 0) is 12.8 Å². The maximum Gasteiger partial charge on any atom is 0.315 e. The third-order valence-corrected chi connectivity index (χ3v) is 6.10. The number of carbonyl (C=O) groups excluding carboxylic acids is 3. The number of nitrogens with one attached hydrogen (secondary N) is 3. The van der Waals surface area contributed by atoms with Gasteiger partial charge in [0.15, 0.2) is 0 Å². The van der Waals surface area contributed by atoms with Crippen LogP contribution in [0.15, 0.2) is 0 Å². The lowest BCUT2D eigenvalue weighted by atomic mass is 10.0. The van der Waals surface area contributed by atoms with Crippen LogP contribution in [0.4, 0.5) is 4.79 Å². The molecule has 0 aromatic rings. The quantitative estimate of drug-likeness (QED) is 0.256. The van der Waals surface area contributed by atoms with Crippen LogP contribution >= 0.6 is 11.8 Å². The highest BCUT2D eigenvalue weighted by Gasteiger charge is 2.42. The van der Waals surface area contributed by atoms with E-state index < -0.39 is 0 Å². The van der Waals surface area contributed by atoms with Crippen LogP contribution in [0.3, 0.4) is 0 Å². The van der Waals surface area contributed by atoms with E-state index in [-0.39, 0.29) is 42.5 Å². The summed E-state index contributed by atoms with van der Waals surface area (Å²) in [7, 11) is 0. The number of hydrogen-bond donors (Lipinski definition) is 3. The van der Waals surface area contributed by atoms with Crippen LogP contribution in [-0.2, 0) is 19.1 Å².